The third-order valence-corrected chi connectivity index (χ3v) is 1.71. The van der Waals surface area contributed by atoms with Crippen molar-refractivity contribution in [2.75, 3.05) is 6.61 Å². The van der Waals surface area contributed by atoms with Gasteiger partial charge in [0, 0.05) is 12.7 Å². The molecule has 0 radical (unpaired) electrons. The SMILES string of the molecule is Cc1cc(CCO)c(F)cc1F. The molecule has 1 rings (SSSR count). The van der Waals surface area contributed by atoms with Gasteiger partial charge < -0.3 is 5.11 Å². The fraction of sp³-hybridized carbons (Fsp3) is 0.333. The summed E-state index contributed by atoms with van der Waals surface area (Å²) in [5.74, 6) is -1.14. The second-order valence-corrected chi connectivity index (χ2v) is 2.67. The van der Waals surface area contributed by atoms with Gasteiger partial charge in [0.1, 0.15) is 11.6 Å². The van der Waals surface area contributed by atoms with Crippen molar-refractivity contribution in [3.63, 3.8) is 0 Å². The number of benzene rings is 1. The van der Waals surface area contributed by atoms with Gasteiger partial charge in [-0.2, -0.15) is 0 Å². The lowest BCUT2D eigenvalue weighted by Gasteiger charge is -2.03. The lowest BCUT2D eigenvalue weighted by Crippen LogP contribution is -1.97. The molecule has 0 aliphatic carbocycles. The molecule has 1 N–H and O–H groups in total. The molecule has 1 aromatic carbocycles. The van der Waals surface area contributed by atoms with Crippen molar-refractivity contribution in [1.82, 2.24) is 0 Å². The minimum atomic E-state index is -0.591. The molecule has 1 aromatic rings. The standard InChI is InChI=1S/C9H10F2O/c1-6-4-7(2-3-12)9(11)5-8(6)10/h4-5,12H,2-3H2,1H3. The monoisotopic (exact) mass is 172 g/mol. The average molecular weight is 172 g/mol. The molecule has 0 atom stereocenters. The van der Waals surface area contributed by atoms with Crippen molar-refractivity contribution in [2.45, 2.75) is 13.3 Å². The normalized spacial score (nSPS) is 10.3. The summed E-state index contributed by atoms with van der Waals surface area (Å²) in [5.41, 5.74) is 0.760. The fourth-order valence-electron chi connectivity index (χ4n) is 1.03. The third kappa shape index (κ3) is 1.80. The van der Waals surface area contributed by atoms with E-state index in [9.17, 15) is 8.78 Å². The Morgan fingerprint density at radius 2 is 1.92 bits per heavy atom. The highest BCUT2D eigenvalue weighted by molar-refractivity contribution is 5.25. The largest absolute Gasteiger partial charge is 0.396 e. The predicted molar refractivity (Wildman–Crippen MR) is 41.9 cm³/mol. The Balaban J connectivity index is 3.05. The maximum absolute atomic E-state index is 12.9. The molecule has 0 spiro atoms. The molecule has 0 aliphatic heterocycles. The molecule has 0 saturated carbocycles. The van der Waals surface area contributed by atoms with Crippen molar-refractivity contribution in [3.8, 4) is 0 Å². The molecule has 0 aromatic heterocycles. The van der Waals surface area contributed by atoms with E-state index in [2.05, 4.69) is 0 Å². The van der Waals surface area contributed by atoms with Crippen LogP contribution in [0.5, 0.6) is 0 Å². The summed E-state index contributed by atoms with van der Waals surface area (Å²) >= 11 is 0. The summed E-state index contributed by atoms with van der Waals surface area (Å²) in [6.45, 7) is 1.44. The van der Waals surface area contributed by atoms with Gasteiger partial charge in [-0.1, -0.05) is 6.07 Å². The molecule has 0 amide bonds. The number of aliphatic hydroxyl groups excluding tert-OH is 1. The number of hydrogen-bond donors (Lipinski definition) is 1. The van der Waals surface area contributed by atoms with E-state index in [0.717, 1.165) is 6.07 Å². The Bertz CT molecular complexity index is 284. The Kier molecular flexibility index (Phi) is 2.76. The van der Waals surface area contributed by atoms with Gasteiger partial charge in [0.2, 0.25) is 0 Å². The minimum Gasteiger partial charge on any atom is -0.396 e. The van der Waals surface area contributed by atoms with Crippen LogP contribution in [0.15, 0.2) is 12.1 Å². The number of rotatable bonds is 2. The first-order valence-electron chi connectivity index (χ1n) is 3.70. The molecule has 66 valence electrons. The van der Waals surface area contributed by atoms with Crippen LogP contribution in [0, 0.1) is 18.6 Å². The molecule has 0 fully saturated rings. The topological polar surface area (TPSA) is 20.2 Å². The van der Waals surface area contributed by atoms with Gasteiger partial charge in [0.05, 0.1) is 0 Å². The Hall–Kier alpha value is -0.960. The molecule has 0 saturated heterocycles. The van der Waals surface area contributed by atoms with E-state index in [1.165, 1.54) is 6.07 Å². The van der Waals surface area contributed by atoms with Crippen molar-refractivity contribution in [1.29, 1.82) is 0 Å². The molecular formula is C9H10F2O. The van der Waals surface area contributed by atoms with E-state index in [-0.39, 0.29) is 13.0 Å². The van der Waals surface area contributed by atoms with Crippen molar-refractivity contribution in [2.24, 2.45) is 0 Å². The molecule has 12 heavy (non-hydrogen) atoms. The van der Waals surface area contributed by atoms with E-state index < -0.39 is 11.6 Å². The summed E-state index contributed by atoms with van der Waals surface area (Å²) < 4.78 is 25.6. The maximum atomic E-state index is 12.9. The van der Waals surface area contributed by atoms with Crippen LogP contribution in [-0.4, -0.2) is 11.7 Å². The Morgan fingerprint density at radius 1 is 1.25 bits per heavy atom. The number of aryl methyl sites for hydroxylation is 1. The average Bonchev–Trinajstić information content (AvgIpc) is 2.01. The number of halogens is 2. The van der Waals surface area contributed by atoms with Gasteiger partial charge in [-0.15, -0.1) is 0 Å². The first-order chi connectivity index (χ1) is 5.65. The van der Waals surface area contributed by atoms with Crippen LogP contribution < -0.4 is 0 Å². The zero-order valence-electron chi connectivity index (χ0n) is 6.77. The highest BCUT2D eigenvalue weighted by atomic mass is 19.1. The van der Waals surface area contributed by atoms with Gasteiger partial charge in [0.15, 0.2) is 0 Å². The lowest BCUT2D eigenvalue weighted by molar-refractivity contribution is 0.297. The van der Waals surface area contributed by atoms with E-state index in [0.29, 0.717) is 11.1 Å². The summed E-state index contributed by atoms with van der Waals surface area (Å²) in [7, 11) is 0. The third-order valence-electron chi connectivity index (χ3n) is 1.71. The fourth-order valence-corrected chi connectivity index (χ4v) is 1.03. The van der Waals surface area contributed by atoms with Crippen molar-refractivity contribution >= 4 is 0 Å². The van der Waals surface area contributed by atoms with E-state index in [1.54, 1.807) is 6.92 Å². The quantitative estimate of drug-likeness (QED) is 0.721. The minimum absolute atomic E-state index is 0.123. The molecule has 0 aliphatic rings. The zero-order valence-corrected chi connectivity index (χ0v) is 6.77. The van der Waals surface area contributed by atoms with Crippen LogP contribution in [0.4, 0.5) is 8.78 Å². The highest BCUT2D eigenvalue weighted by Crippen LogP contribution is 2.14. The highest BCUT2D eigenvalue weighted by Gasteiger charge is 2.05. The van der Waals surface area contributed by atoms with E-state index >= 15 is 0 Å². The summed E-state index contributed by atoms with van der Waals surface area (Å²) in [6, 6.07) is 2.27. The van der Waals surface area contributed by atoms with Crippen LogP contribution in [-0.2, 0) is 6.42 Å². The smallest absolute Gasteiger partial charge is 0.129 e. The van der Waals surface area contributed by atoms with Gasteiger partial charge in [0.25, 0.3) is 0 Å². The summed E-state index contributed by atoms with van der Waals surface area (Å²) in [4.78, 5) is 0. The second-order valence-electron chi connectivity index (χ2n) is 2.67. The van der Waals surface area contributed by atoms with Crippen LogP contribution in [0.3, 0.4) is 0 Å². The molecular weight excluding hydrogens is 162 g/mol. The van der Waals surface area contributed by atoms with Crippen molar-refractivity contribution < 1.29 is 13.9 Å². The zero-order chi connectivity index (χ0) is 9.14. The summed E-state index contributed by atoms with van der Waals surface area (Å²) in [6.07, 6.45) is 0.229. The van der Waals surface area contributed by atoms with Crippen LogP contribution in [0.25, 0.3) is 0 Å². The van der Waals surface area contributed by atoms with Crippen LogP contribution in [0.1, 0.15) is 11.1 Å². The maximum Gasteiger partial charge on any atom is 0.129 e. The number of aliphatic hydroxyl groups is 1. The predicted octanol–water partition coefficient (Wildman–Crippen LogP) is 1.81. The van der Waals surface area contributed by atoms with Crippen molar-refractivity contribution in [3.05, 3.63) is 34.9 Å². The lowest BCUT2D eigenvalue weighted by atomic mass is 10.1. The number of hydrogen-bond acceptors (Lipinski definition) is 1. The Labute approximate surface area is 69.7 Å². The van der Waals surface area contributed by atoms with Gasteiger partial charge >= 0.3 is 0 Å². The van der Waals surface area contributed by atoms with Crippen LogP contribution >= 0.6 is 0 Å². The first-order valence-corrected chi connectivity index (χ1v) is 3.70. The molecule has 0 heterocycles. The van der Waals surface area contributed by atoms with E-state index in [4.69, 9.17) is 5.11 Å². The van der Waals surface area contributed by atoms with Gasteiger partial charge in [-0.3, -0.25) is 0 Å². The second kappa shape index (κ2) is 3.63. The first kappa shape index (κ1) is 9.13. The van der Waals surface area contributed by atoms with Crippen LogP contribution in [0.2, 0.25) is 0 Å². The molecule has 0 unspecified atom stereocenters. The van der Waals surface area contributed by atoms with E-state index in [1.807, 2.05) is 0 Å². The molecule has 1 nitrogen and oxygen atoms in total. The van der Waals surface area contributed by atoms with Gasteiger partial charge in [-0.05, 0) is 24.5 Å². The Morgan fingerprint density at radius 3 is 2.50 bits per heavy atom. The summed E-state index contributed by atoms with van der Waals surface area (Å²) in [5, 5.41) is 8.54. The van der Waals surface area contributed by atoms with Gasteiger partial charge in [-0.25, -0.2) is 8.78 Å². The molecule has 3 heteroatoms. The molecule has 0 bridgehead atoms.